The lowest BCUT2D eigenvalue weighted by Gasteiger charge is -2.20. The quantitative estimate of drug-likeness (QED) is 0.625. The Balaban J connectivity index is 1.98. The summed E-state index contributed by atoms with van der Waals surface area (Å²) in [5.74, 6) is -6.46. The number of benzene rings is 2. The van der Waals surface area contributed by atoms with Gasteiger partial charge in [-0.3, -0.25) is 9.59 Å². The molecule has 2 aromatic rings. The fourth-order valence-electron chi connectivity index (χ4n) is 2.71. The molecule has 28 heavy (non-hydrogen) atoms. The van der Waals surface area contributed by atoms with Gasteiger partial charge in [0.2, 0.25) is 6.10 Å². The zero-order valence-electron chi connectivity index (χ0n) is 13.9. The van der Waals surface area contributed by atoms with Crippen LogP contribution in [0.1, 0.15) is 53.1 Å². The van der Waals surface area contributed by atoms with Gasteiger partial charge in [-0.15, -0.1) is 5.06 Å². The summed E-state index contributed by atoms with van der Waals surface area (Å²) >= 11 is 0. The van der Waals surface area contributed by atoms with Crippen molar-refractivity contribution in [3.8, 4) is 0 Å². The Morgan fingerprint density at radius 1 is 0.821 bits per heavy atom. The maximum atomic E-state index is 12.3. The average Bonchev–Trinajstić information content (AvgIpc) is 2.90. The van der Waals surface area contributed by atoms with E-state index in [1.54, 1.807) is 0 Å². The lowest BCUT2D eigenvalue weighted by atomic mass is 10.0. The van der Waals surface area contributed by atoms with Crippen molar-refractivity contribution < 1.29 is 44.1 Å². The molecule has 0 aromatic heterocycles. The standard InChI is InChI=1S/C18H11NO9/c20-14-9-3-1-2-4-10(9)15(21)19(14)28-13(18(26)27)8-5-6-11(16(22)23)12(7-8)17(24)25/h1-7,13H,(H,22,23)(H,24,25)(H,26,27)/t13-/m0/s1. The second kappa shape index (κ2) is 6.93. The lowest BCUT2D eigenvalue weighted by Crippen LogP contribution is -2.34. The van der Waals surface area contributed by atoms with Gasteiger partial charge >= 0.3 is 17.9 Å². The Morgan fingerprint density at radius 3 is 1.82 bits per heavy atom. The SMILES string of the molecule is O=C(O)c1ccc([C@H](ON2C(=O)c3ccccc3C2=O)C(=O)O)cc1C(=O)O. The van der Waals surface area contributed by atoms with Crippen LogP contribution < -0.4 is 0 Å². The Morgan fingerprint density at radius 2 is 1.36 bits per heavy atom. The molecule has 0 unspecified atom stereocenters. The molecule has 1 aliphatic heterocycles. The molecule has 0 radical (unpaired) electrons. The topological polar surface area (TPSA) is 159 Å². The van der Waals surface area contributed by atoms with Crippen LogP contribution in [0, 0.1) is 0 Å². The number of aromatic carboxylic acids is 2. The molecule has 1 aliphatic rings. The first-order valence-corrected chi connectivity index (χ1v) is 7.70. The third kappa shape index (κ3) is 3.08. The molecule has 0 fully saturated rings. The van der Waals surface area contributed by atoms with Crippen molar-refractivity contribution in [3.63, 3.8) is 0 Å². The number of nitrogens with zero attached hydrogens (tertiary/aromatic N) is 1. The van der Waals surface area contributed by atoms with Crippen molar-refractivity contribution in [2.45, 2.75) is 6.10 Å². The minimum atomic E-state index is -1.93. The fraction of sp³-hybridized carbons (Fsp3) is 0.0556. The van der Waals surface area contributed by atoms with Gasteiger partial charge in [0.1, 0.15) is 0 Å². The molecule has 3 rings (SSSR count). The molecule has 0 bridgehead atoms. The Hall–Kier alpha value is -4.05. The van der Waals surface area contributed by atoms with Gasteiger partial charge in [0.05, 0.1) is 22.3 Å². The molecule has 0 aliphatic carbocycles. The maximum absolute atomic E-state index is 12.3. The van der Waals surface area contributed by atoms with E-state index in [9.17, 15) is 34.2 Å². The molecule has 10 heteroatoms. The number of fused-ring (bicyclic) bond motifs is 1. The minimum absolute atomic E-state index is 0.0316. The molecule has 0 saturated heterocycles. The number of hydrogen-bond acceptors (Lipinski definition) is 6. The largest absolute Gasteiger partial charge is 0.479 e. The average molecular weight is 385 g/mol. The van der Waals surface area contributed by atoms with Crippen LogP contribution in [0.3, 0.4) is 0 Å². The third-order valence-electron chi connectivity index (χ3n) is 4.00. The van der Waals surface area contributed by atoms with E-state index in [1.807, 2.05) is 0 Å². The van der Waals surface area contributed by atoms with Crippen molar-refractivity contribution in [2.75, 3.05) is 0 Å². The van der Waals surface area contributed by atoms with Gasteiger partial charge in [-0.25, -0.2) is 19.2 Å². The van der Waals surface area contributed by atoms with E-state index in [-0.39, 0.29) is 21.8 Å². The lowest BCUT2D eigenvalue weighted by molar-refractivity contribution is -0.176. The number of carbonyl (C=O) groups is 5. The Kier molecular flexibility index (Phi) is 4.64. The molecule has 3 N–H and O–H groups in total. The number of aliphatic carboxylic acids is 1. The number of hydrogen-bond donors (Lipinski definition) is 3. The summed E-state index contributed by atoms with van der Waals surface area (Å²) < 4.78 is 0. The third-order valence-corrected chi connectivity index (χ3v) is 4.00. The summed E-state index contributed by atoms with van der Waals surface area (Å²) in [6, 6.07) is 8.54. The van der Waals surface area contributed by atoms with Crippen LogP contribution in [-0.2, 0) is 9.63 Å². The molecular formula is C18H11NO9. The highest BCUT2D eigenvalue weighted by Crippen LogP contribution is 2.28. The van der Waals surface area contributed by atoms with Crippen molar-refractivity contribution in [1.82, 2.24) is 5.06 Å². The van der Waals surface area contributed by atoms with E-state index in [2.05, 4.69) is 0 Å². The van der Waals surface area contributed by atoms with E-state index < -0.39 is 47.0 Å². The number of carboxylic acids is 3. The normalized spacial score (nSPS) is 13.9. The number of amides is 2. The molecular weight excluding hydrogens is 374 g/mol. The molecule has 1 atom stereocenters. The summed E-state index contributed by atoms with van der Waals surface area (Å²) in [6.45, 7) is 0. The van der Waals surface area contributed by atoms with Gasteiger partial charge in [0.25, 0.3) is 11.8 Å². The summed E-state index contributed by atoms with van der Waals surface area (Å²) in [5, 5.41) is 28.0. The molecule has 2 aromatic carbocycles. The number of carbonyl (C=O) groups excluding carboxylic acids is 2. The summed E-state index contributed by atoms with van der Waals surface area (Å²) in [7, 11) is 0. The first kappa shape index (κ1) is 18.7. The number of imide groups is 1. The Labute approximate surface area is 156 Å². The van der Waals surface area contributed by atoms with Crippen molar-refractivity contribution in [3.05, 3.63) is 70.3 Å². The highest BCUT2D eigenvalue weighted by molar-refractivity contribution is 6.20. The van der Waals surface area contributed by atoms with Crippen LogP contribution in [-0.4, -0.2) is 50.1 Å². The molecule has 1 heterocycles. The van der Waals surface area contributed by atoms with E-state index in [0.29, 0.717) is 0 Å². The molecule has 2 amide bonds. The predicted molar refractivity (Wildman–Crippen MR) is 88.8 cm³/mol. The van der Waals surface area contributed by atoms with E-state index >= 15 is 0 Å². The highest BCUT2D eigenvalue weighted by atomic mass is 16.7. The fourth-order valence-corrected chi connectivity index (χ4v) is 2.71. The van der Waals surface area contributed by atoms with Gasteiger partial charge in [0, 0.05) is 0 Å². The van der Waals surface area contributed by atoms with E-state index in [0.717, 1.165) is 18.2 Å². The second-order valence-corrected chi connectivity index (χ2v) is 5.69. The number of carboxylic acid groups (broad SMARTS) is 3. The second-order valence-electron chi connectivity index (χ2n) is 5.69. The first-order valence-electron chi connectivity index (χ1n) is 7.70. The first-order chi connectivity index (χ1) is 13.2. The van der Waals surface area contributed by atoms with Crippen molar-refractivity contribution in [1.29, 1.82) is 0 Å². The van der Waals surface area contributed by atoms with Crippen molar-refractivity contribution in [2.24, 2.45) is 0 Å². The monoisotopic (exact) mass is 385 g/mol. The van der Waals surface area contributed by atoms with Crippen LogP contribution in [0.4, 0.5) is 0 Å². The van der Waals surface area contributed by atoms with Gasteiger partial charge in [-0.2, -0.15) is 0 Å². The highest BCUT2D eigenvalue weighted by Gasteiger charge is 2.40. The minimum Gasteiger partial charge on any atom is -0.479 e. The number of rotatable bonds is 6. The van der Waals surface area contributed by atoms with Gasteiger partial charge in [-0.1, -0.05) is 18.2 Å². The van der Waals surface area contributed by atoms with E-state index in [1.165, 1.54) is 24.3 Å². The van der Waals surface area contributed by atoms with E-state index in [4.69, 9.17) is 9.94 Å². The number of hydroxylamine groups is 2. The van der Waals surface area contributed by atoms with Gasteiger partial charge in [-0.05, 0) is 29.8 Å². The summed E-state index contributed by atoms with van der Waals surface area (Å²) in [4.78, 5) is 63.8. The zero-order chi connectivity index (χ0) is 20.6. The van der Waals surface area contributed by atoms with Crippen LogP contribution in [0.2, 0.25) is 0 Å². The van der Waals surface area contributed by atoms with Crippen LogP contribution in [0.5, 0.6) is 0 Å². The Bertz CT molecular complexity index is 1010. The summed E-state index contributed by atoms with van der Waals surface area (Å²) in [5.41, 5.74) is -1.41. The predicted octanol–water partition coefficient (Wildman–Crippen LogP) is 1.44. The smallest absolute Gasteiger partial charge is 0.340 e. The summed E-state index contributed by atoms with van der Waals surface area (Å²) in [6.07, 6.45) is -1.93. The van der Waals surface area contributed by atoms with Crippen LogP contribution >= 0.6 is 0 Å². The molecule has 10 nitrogen and oxygen atoms in total. The molecule has 0 spiro atoms. The molecule has 142 valence electrons. The van der Waals surface area contributed by atoms with Crippen LogP contribution in [0.15, 0.2) is 42.5 Å². The molecule has 0 saturated carbocycles. The maximum Gasteiger partial charge on any atom is 0.340 e. The van der Waals surface area contributed by atoms with Crippen molar-refractivity contribution >= 4 is 29.7 Å². The van der Waals surface area contributed by atoms with Gasteiger partial charge < -0.3 is 15.3 Å². The van der Waals surface area contributed by atoms with Gasteiger partial charge in [0.15, 0.2) is 0 Å². The van der Waals surface area contributed by atoms with Crippen LogP contribution in [0.25, 0.3) is 0 Å². The zero-order valence-corrected chi connectivity index (χ0v) is 13.9.